The summed E-state index contributed by atoms with van der Waals surface area (Å²) in [5, 5.41) is 1.09. The lowest BCUT2D eigenvalue weighted by molar-refractivity contribution is 0.602. The smallest absolute Gasteiger partial charge is 0.181 e. The van der Waals surface area contributed by atoms with Gasteiger partial charge in [0.1, 0.15) is 17.0 Å². The van der Waals surface area contributed by atoms with Gasteiger partial charge >= 0.3 is 0 Å². The number of benzene rings is 2. The maximum atomic E-state index is 5.40. The summed E-state index contributed by atoms with van der Waals surface area (Å²) in [5.74, 6) is 0.804. The second-order valence-corrected chi connectivity index (χ2v) is 6.48. The number of imidazole rings is 1. The van der Waals surface area contributed by atoms with Crippen LogP contribution in [0.1, 0.15) is 0 Å². The van der Waals surface area contributed by atoms with Gasteiger partial charge < -0.3 is 14.4 Å². The number of fused-ring (bicyclic) bond motifs is 3. The number of nitrogens with one attached hydrogen (secondary N) is 2. The monoisotopic (exact) mass is 351 g/mol. The van der Waals surface area contributed by atoms with Crippen LogP contribution in [0.4, 0.5) is 0 Å². The molecule has 0 bridgehead atoms. The van der Waals surface area contributed by atoms with Crippen molar-refractivity contribution in [2.75, 3.05) is 0 Å². The van der Waals surface area contributed by atoms with Crippen LogP contribution in [0.2, 0.25) is 0 Å². The number of oxazole rings is 1. The molecule has 6 nitrogen and oxygen atoms in total. The molecular formula is C21H13N5O. The first-order valence-electron chi connectivity index (χ1n) is 8.61. The minimum Gasteiger partial charge on any atom is -0.443 e. The molecule has 0 radical (unpaired) electrons. The quantitative estimate of drug-likeness (QED) is 0.464. The molecule has 6 aromatic rings. The molecule has 0 amide bonds. The average molecular weight is 351 g/mol. The molecule has 27 heavy (non-hydrogen) atoms. The molecule has 6 heteroatoms. The molecule has 6 rings (SSSR count). The van der Waals surface area contributed by atoms with Crippen molar-refractivity contribution in [1.82, 2.24) is 24.9 Å². The molecule has 0 spiro atoms. The summed E-state index contributed by atoms with van der Waals surface area (Å²) in [5.41, 5.74) is 7.43. The Morgan fingerprint density at radius 3 is 2.74 bits per heavy atom. The normalized spacial score (nSPS) is 11.7. The maximum absolute atomic E-state index is 5.40. The van der Waals surface area contributed by atoms with Crippen LogP contribution in [0, 0.1) is 0 Å². The summed E-state index contributed by atoms with van der Waals surface area (Å²) in [7, 11) is 0. The predicted octanol–water partition coefficient (Wildman–Crippen LogP) is 4.91. The van der Waals surface area contributed by atoms with E-state index in [0.29, 0.717) is 0 Å². The number of nitrogens with zero attached hydrogens (tertiary/aromatic N) is 3. The van der Waals surface area contributed by atoms with Crippen molar-refractivity contribution < 1.29 is 4.42 Å². The highest BCUT2D eigenvalue weighted by Gasteiger charge is 2.10. The summed E-state index contributed by atoms with van der Waals surface area (Å²) in [6.45, 7) is 0. The largest absolute Gasteiger partial charge is 0.443 e. The standard InChI is InChI=1S/C21H13N5O/c1-2-13-9-17(25-20(13)22-7-1)12-3-5-15-18(8-12)26-21(24-15)14-4-6-16-19(10-14)27-11-23-16/h1-11H,(H,22,25)(H,24,26). The van der Waals surface area contributed by atoms with Crippen molar-refractivity contribution in [3.63, 3.8) is 0 Å². The molecule has 2 N–H and O–H groups in total. The third-order valence-corrected chi connectivity index (χ3v) is 4.79. The van der Waals surface area contributed by atoms with Crippen molar-refractivity contribution in [2.45, 2.75) is 0 Å². The highest BCUT2D eigenvalue weighted by atomic mass is 16.3. The number of aromatic nitrogens is 5. The second kappa shape index (κ2) is 5.28. The van der Waals surface area contributed by atoms with Crippen molar-refractivity contribution in [1.29, 1.82) is 0 Å². The lowest BCUT2D eigenvalue weighted by Gasteiger charge is -1.97. The van der Waals surface area contributed by atoms with E-state index >= 15 is 0 Å². The summed E-state index contributed by atoms with van der Waals surface area (Å²) in [6.07, 6.45) is 3.24. The topological polar surface area (TPSA) is 83.4 Å². The van der Waals surface area contributed by atoms with Crippen molar-refractivity contribution in [3.8, 4) is 22.6 Å². The van der Waals surface area contributed by atoms with Gasteiger partial charge in [-0.3, -0.25) is 0 Å². The number of rotatable bonds is 2. The van der Waals surface area contributed by atoms with Gasteiger partial charge in [-0.05, 0) is 48.5 Å². The zero-order chi connectivity index (χ0) is 17.8. The third kappa shape index (κ3) is 2.23. The van der Waals surface area contributed by atoms with E-state index in [4.69, 9.17) is 9.40 Å². The van der Waals surface area contributed by atoms with Gasteiger partial charge in [-0.1, -0.05) is 6.07 Å². The first kappa shape index (κ1) is 14.3. The van der Waals surface area contributed by atoms with E-state index in [-0.39, 0.29) is 0 Å². The molecule has 128 valence electrons. The van der Waals surface area contributed by atoms with E-state index < -0.39 is 0 Å². The molecular weight excluding hydrogens is 338 g/mol. The summed E-state index contributed by atoms with van der Waals surface area (Å²) >= 11 is 0. The lowest BCUT2D eigenvalue weighted by Crippen LogP contribution is -1.80. The zero-order valence-corrected chi connectivity index (χ0v) is 14.1. The van der Waals surface area contributed by atoms with E-state index in [9.17, 15) is 0 Å². The maximum Gasteiger partial charge on any atom is 0.181 e. The second-order valence-electron chi connectivity index (χ2n) is 6.48. The van der Waals surface area contributed by atoms with E-state index in [2.05, 4.69) is 38.1 Å². The van der Waals surface area contributed by atoms with Crippen molar-refractivity contribution >= 4 is 33.2 Å². The Morgan fingerprint density at radius 2 is 1.78 bits per heavy atom. The summed E-state index contributed by atoms with van der Waals surface area (Å²) < 4.78 is 5.40. The SMILES string of the molecule is c1cnc2[nH]c(-c3ccc4[nH]c(-c5ccc6ncoc6c5)nc4c3)cc2c1. The van der Waals surface area contributed by atoms with Gasteiger partial charge in [-0.2, -0.15) is 0 Å². The Labute approximate surface area is 152 Å². The molecule has 4 heterocycles. The van der Waals surface area contributed by atoms with Crippen LogP contribution in [0.5, 0.6) is 0 Å². The minimum absolute atomic E-state index is 0.749. The lowest BCUT2D eigenvalue weighted by atomic mass is 10.1. The molecule has 0 saturated heterocycles. The van der Waals surface area contributed by atoms with Gasteiger partial charge in [-0.15, -0.1) is 0 Å². The van der Waals surface area contributed by atoms with Gasteiger partial charge in [0.2, 0.25) is 0 Å². The summed E-state index contributed by atoms with van der Waals surface area (Å²) in [6, 6.07) is 18.2. The molecule has 4 aromatic heterocycles. The first-order valence-corrected chi connectivity index (χ1v) is 8.61. The fourth-order valence-electron chi connectivity index (χ4n) is 3.43. The van der Waals surface area contributed by atoms with Crippen molar-refractivity contribution in [3.05, 3.63) is 67.2 Å². The molecule has 0 aliphatic heterocycles. The zero-order valence-electron chi connectivity index (χ0n) is 14.1. The van der Waals surface area contributed by atoms with Gasteiger partial charge in [0, 0.05) is 28.4 Å². The number of hydrogen-bond donors (Lipinski definition) is 2. The van der Waals surface area contributed by atoms with Gasteiger partial charge in [0.05, 0.1) is 11.0 Å². The number of pyridine rings is 1. The van der Waals surface area contributed by atoms with Crippen LogP contribution >= 0.6 is 0 Å². The third-order valence-electron chi connectivity index (χ3n) is 4.79. The molecule has 0 saturated carbocycles. The van der Waals surface area contributed by atoms with Crippen LogP contribution in [0.15, 0.2) is 71.6 Å². The Bertz CT molecular complexity index is 1410. The fourth-order valence-corrected chi connectivity index (χ4v) is 3.43. The molecule has 0 aliphatic carbocycles. The van der Waals surface area contributed by atoms with E-state index in [1.54, 1.807) is 6.20 Å². The number of hydrogen-bond acceptors (Lipinski definition) is 4. The Morgan fingerprint density at radius 1 is 0.815 bits per heavy atom. The van der Waals surface area contributed by atoms with E-state index in [0.717, 1.165) is 55.8 Å². The molecule has 0 unspecified atom stereocenters. The minimum atomic E-state index is 0.749. The van der Waals surface area contributed by atoms with Crippen LogP contribution in [0.3, 0.4) is 0 Å². The van der Waals surface area contributed by atoms with Gasteiger partial charge in [0.25, 0.3) is 0 Å². The van der Waals surface area contributed by atoms with E-state index in [1.807, 2.05) is 36.4 Å². The molecule has 2 aromatic carbocycles. The van der Waals surface area contributed by atoms with Crippen LogP contribution in [-0.2, 0) is 0 Å². The van der Waals surface area contributed by atoms with Gasteiger partial charge in [0.15, 0.2) is 12.0 Å². The summed E-state index contributed by atoms with van der Waals surface area (Å²) in [4.78, 5) is 20.0. The van der Waals surface area contributed by atoms with Crippen LogP contribution in [-0.4, -0.2) is 24.9 Å². The number of aromatic amines is 2. The van der Waals surface area contributed by atoms with Crippen LogP contribution < -0.4 is 0 Å². The highest BCUT2D eigenvalue weighted by Crippen LogP contribution is 2.28. The predicted molar refractivity (Wildman–Crippen MR) is 104 cm³/mol. The molecule has 0 aliphatic rings. The fraction of sp³-hybridized carbons (Fsp3) is 0. The van der Waals surface area contributed by atoms with E-state index in [1.165, 1.54) is 6.39 Å². The molecule has 0 atom stereocenters. The Kier molecular flexibility index (Phi) is 2.79. The van der Waals surface area contributed by atoms with Crippen molar-refractivity contribution in [2.24, 2.45) is 0 Å². The Hall–Kier alpha value is -3.93. The number of H-pyrrole nitrogens is 2. The Balaban J connectivity index is 1.46. The van der Waals surface area contributed by atoms with Crippen LogP contribution in [0.25, 0.3) is 55.8 Å². The first-order chi connectivity index (χ1) is 13.3. The van der Waals surface area contributed by atoms with Gasteiger partial charge in [-0.25, -0.2) is 15.0 Å². The molecule has 0 fully saturated rings. The highest BCUT2D eigenvalue weighted by molar-refractivity contribution is 5.88. The average Bonchev–Trinajstić information content (AvgIpc) is 3.42.